The van der Waals surface area contributed by atoms with Crippen LogP contribution in [-0.2, 0) is 0 Å². The fourth-order valence-electron chi connectivity index (χ4n) is 4.22. The second-order valence-corrected chi connectivity index (χ2v) is 8.38. The third-order valence-electron chi connectivity index (χ3n) is 5.88. The Bertz CT molecular complexity index is 1230. The van der Waals surface area contributed by atoms with Crippen LogP contribution >= 0.6 is 0 Å². The minimum Gasteiger partial charge on any atom is -0.474 e. The Labute approximate surface area is 180 Å². The summed E-state index contributed by atoms with van der Waals surface area (Å²) >= 11 is 0. The van der Waals surface area contributed by atoms with E-state index in [1.807, 2.05) is 38.2 Å². The number of ether oxygens (including phenoxy) is 1. The molecule has 6 heteroatoms. The van der Waals surface area contributed by atoms with Gasteiger partial charge in [-0.15, -0.1) is 0 Å². The molecule has 1 saturated carbocycles. The highest BCUT2D eigenvalue weighted by Gasteiger charge is 2.17. The number of nitrogens with one attached hydrogen (secondary N) is 1. The molecule has 3 aromatic heterocycles. The average Bonchev–Trinajstić information content (AvgIpc) is 3.20. The number of imidazole rings is 1. The van der Waals surface area contributed by atoms with Crippen LogP contribution in [0.1, 0.15) is 43.2 Å². The number of fused-ring (bicyclic) bond motifs is 1. The van der Waals surface area contributed by atoms with Gasteiger partial charge in [0.15, 0.2) is 5.82 Å². The normalized spacial score (nSPS) is 14.8. The van der Waals surface area contributed by atoms with Crippen LogP contribution in [0.4, 0.5) is 4.39 Å². The van der Waals surface area contributed by atoms with Crippen LogP contribution in [0.5, 0.6) is 5.88 Å². The zero-order chi connectivity index (χ0) is 21.4. The van der Waals surface area contributed by atoms with Crippen molar-refractivity contribution in [1.82, 2.24) is 19.9 Å². The van der Waals surface area contributed by atoms with Crippen LogP contribution in [0.3, 0.4) is 0 Å². The highest BCUT2D eigenvalue weighted by molar-refractivity contribution is 5.80. The van der Waals surface area contributed by atoms with Crippen molar-refractivity contribution in [3.05, 3.63) is 59.7 Å². The molecule has 1 N–H and O–H groups in total. The van der Waals surface area contributed by atoms with Gasteiger partial charge in [0, 0.05) is 29.1 Å². The van der Waals surface area contributed by atoms with Crippen LogP contribution in [0, 0.1) is 19.7 Å². The van der Waals surface area contributed by atoms with Crippen LogP contribution in [0.2, 0.25) is 0 Å². The maximum absolute atomic E-state index is 14.2. The molecule has 5 rings (SSSR count). The summed E-state index contributed by atoms with van der Waals surface area (Å²) in [6.45, 7) is 3.88. The topological polar surface area (TPSA) is 63.7 Å². The summed E-state index contributed by atoms with van der Waals surface area (Å²) in [6, 6.07) is 9.31. The van der Waals surface area contributed by atoms with E-state index in [1.165, 1.54) is 25.3 Å². The van der Waals surface area contributed by atoms with Crippen molar-refractivity contribution < 1.29 is 9.13 Å². The first kappa shape index (κ1) is 19.7. The summed E-state index contributed by atoms with van der Waals surface area (Å²) in [4.78, 5) is 16.7. The summed E-state index contributed by atoms with van der Waals surface area (Å²) in [5.74, 6) is 0.995. The fourth-order valence-corrected chi connectivity index (χ4v) is 4.22. The van der Waals surface area contributed by atoms with E-state index in [-0.39, 0.29) is 11.9 Å². The molecule has 0 spiro atoms. The van der Waals surface area contributed by atoms with Gasteiger partial charge in [-0.3, -0.25) is 4.98 Å². The summed E-state index contributed by atoms with van der Waals surface area (Å²) in [6.07, 6.45) is 9.82. The summed E-state index contributed by atoms with van der Waals surface area (Å²) in [5, 5.41) is 0. The first-order chi connectivity index (χ1) is 15.1. The van der Waals surface area contributed by atoms with Gasteiger partial charge < -0.3 is 9.72 Å². The maximum atomic E-state index is 14.2. The smallest absolute Gasteiger partial charge is 0.216 e. The Kier molecular flexibility index (Phi) is 5.14. The van der Waals surface area contributed by atoms with E-state index < -0.39 is 0 Å². The van der Waals surface area contributed by atoms with E-state index >= 15 is 0 Å². The molecular formula is C25H25FN4O. The predicted molar refractivity (Wildman–Crippen MR) is 119 cm³/mol. The Morgan fingerprint density at radius 1 is 0.968 bits per heavy atom. The van der Waals surface area contributed by atoms with Gasteiger partial charge in [-0.2, -0.15) is 0 Å². The number of aryl methyl sites for hydroxylation is 2. The summed E-state index contributed by atoms with van der Waals surface area (Å²) in [5.41, 5.74) is 5.46. The quantitative estimate of drug-likeness (QED) is 0.433. The Hall–Kier alpha value is -3.28. The van der Waals surface area contributed by atoms with Gasteiger partial charge in [-0.05, 0) is 75.4 Å². The molecular weight excluding hydrogens is 391 g/mol. The van der Waals surface area contributed by atoms with Crippen molar-refractivity contribution in [1.29, 1.82) is 0 Å². The zero-order valence-corrected chi connectivity index (χ0v) is 17.8. The molecule has 4 aromatic rings. The van der Waals surface area contributed by atoms with E-state index in [4.69, 9.17) is 4.74 Å². The lowest BCUT2D eigenvalue weighted by molar-refractivity contribution is 0.147. The van der Waals surface area contributed by atoms with Crippen molar-refractivity contribution in [2.75, 3.05) is 0 Å². The standard InChI is InChI=1S/C25H25FN4O/c1-15-10-20(26)23-22(11-15)29-24(30-23)17-8-9-21(27-13-17)18-12-16(2)25(28-14-18)31-19-6-4-3-5-7-19/h8-14,19H,3-7H2,1-2H3,(H,29,30). The molecule has 1 aromatic carbocycles. The molecule has 1 aliphatic carbocycles. The number of pyridine rings is 2. The van der Waals surface area contributed by atoms with Crippen LogP contribution < -0.4 is 4.74 Å². The average molecular weight is 417 g/mol. The molecule has 3 heterocycles. The zero-order valence-electron chi connectivity index (χ0n) is 17.8. The third-order valence-corrected chi connectivity index (χ3v) is 5.88. The molecule has 0 bridgehead atoms. The summed E-state index contributed by atoms with van der Waals surface area (Å²) < 4.78 is 20.3. The first-order valence-electron chi connectivity index (χ1n) is 10.8. The number of hydrogen-bond acceptors (Lipinski definition) is 4. The molecule has 5 nitrogen and oxygen atoms in total. The SMILES string of the molecule is Cc1cc(F)c2nc(-c3ccc(-c4cnc(OC5CCCCC5)c(C)c4)nc3)[nH]c2c1. The molecule has 158 valence electrons. The molecule has 1 aliphatic rings. The maximum Gasteiger partial charge on any atom is 0.216 e. The molecule has 0 aliphatic heterocycles. The minimum absolute atomic E-state index is 0.278. The van der Waals surface area contributed by atoms with Gasteiger partial charge in [0.05, 0.1) is 11.2 Å². The van der Waals surface area contributed by atoms with E-state index in [0.29, 0.717) is 22.7 Å². The third kappa shape index (κ3) is 4.02. The van der Waals surface area contributed by atoms with Gasteiger partial charge in [0.1, 0.15) is 17.4 Å². The number of rotatable bonds is 4. The van der Waals surface area contributed by atoms with Crippen molar-refractivity contribution in [2.45, 2.75) is 52.1 Å². The Morgan fingerprint density at radius 2 is 1.77 bits per heavy atom. The number of halogens is 1. The lowest BCUT2D eigenvalue weighted by atomic mass is 9.98. The molecule has 0 amide bonds. The highest BCUT2D eigenvalue weighted by Crippen LogP contribution is 2.28. The highest BCUT2D eigenvalue weighted by atomic mass is 19.1. The van der Waals surface area contributed by atoms with E-state index in [1.54, 1.807) is 6.20 Å². The van der Waals surface area contributed by atoms with E-state index in [2.05, 4.69) is 26.0 Å². The second-order valence-electron chi connectivity index (χ2n) is 8.38. The summed E-state index contributed by atoms with van der Waals surface area (Å²) in [7, 11) is 0. The molecule has 0 radical (unpaired) electrons. The van der Waals surface area contributed by atoms with Crippen molar-refractivity contribution >= 4 is 11.0 Å². The second kappa shape index (κ2) is 8.10. The number of H-pyrrole nitrogens is 1. The molecule has 0 saturated heterocycles. The van der Waals surface area contributed by atoms with Gasteiger partial charge >= 0.3 is 0 Å². The van der Waals surface area contributed by atoms with Crippen molar-refractivity contribution in [3.63, 3.8) is 0 Å². The van der Waals surface area contributed by atoms with Crippen LogP contribution in [-0.4, -0.2) is 26.0 Å². The number of aromatic nitrogens is 4. The number of nitrogens with zero attached hydrogens (tertiary/aromatic N) is 3. The van der Waals surface area contributed by atoms with Gasteiger partial charge in [-0.25, -0.2) is 14.4 Å². The largest absolute Gasteiger partial charge is 0.474 e. The van der Waals surface area contributed by atoms with Gasteiger partial charge in [0.2, 0.25) is 5.88 Å². The predicted octanol–water partition coefficient (Wildman–Crippen LogP) is 6.15. The van der Waals surface area contributed by atoms with Crippen LogP contribution in [0.15, 0.2) is 42.7 Å². The molecule has 0 atom stereocenters. The van der Waals surface area contributed by atoms with Crippen molar-refractivity contribution in [2.24, 2.45) is 0 Å². The van der Waals surface area contributed by atoms with Gasteiger partial charge in [0.25, 0.3) is 0 Å². The minimum atomic E-state index is -0.320. The van der Waals surface area contributed by atoms with Crippen molar-refractivity contribution in [3.8, 4) is 28.5 Å². The molecule has 0 unspecified atom stereocenters. The van der Waals surface area contributed by atoms with Crippen LogP contribution in [0.25, 0.3) is 33.7 Å². The fraction of sp³-hybridized carbons (Fsp3) is 0.320. The Balaban J connectivity index is 1.37. The van der Waals surface area contributed by atoms with E-state index in [0.717, 1.165) is 40.8 Å². The Morgan fingerprint density at radius 3 is 2.52 bits per heavy atom. The van der Waals surface area contributed by atoms with Gasteiger partial charge in [-0.1, -0.05) is 6.42 Å². The molecule has 1 fully saturated rings. The molecule has 31 heavy (non-hydrogen) atoms. The number of benzene rings is 1. The monoisotopic (exact) mass is 416 g/mol. The lowest BCUT2D eigenvalue weighted by Gasteiger charge is -2.23. The number of hydrogen-bond donors (Lipinski definition) is 1. The first-order valence-corrected chi connectivity index (χ1v) is 10.8. The van der Waals surface area contributed by atoms with E-state index in [9.17, 15) is 4.39 Å². The number of aromatic amines is 1. The lowest BCUT2D eigenvalue weighted by Crippen LogP contribution is -2.20.